The lowest BCUT2D eigenvalue weighted by molar-refractivity contribution is -0.122. The number of aryl methyl sites for hydroxylation is 1. The first-order chi connectivity index (χ1) is 17.0. The predicted octanol–water partition coefficient (Wildman–Crippen LogP) is 1.34. The molecule has 4 heterocycles. The van der Waals surface area contributed by atoms with E-state index in [0.717, 1.165) is 0 Å². The second-order valence-electron chi connectivity index (χ2n) is 8.58. The average molecular weight is 475 g/mol. The molecule has 1 saturated heterocycles. The summed E-state index contributed by atoms with van der Waals surface area (Å²) < 4.78 is 8.28. The van der Waals surface area contributed by atoms with Crippen molar-refractivity contribution < 1.29 is 14.0 Å². The Kier molecular flexibility index (Phi) is 6.19. The summed E-state index contributed by atoms with van der Waals surface area (Å²) in [6.07, 6.45) is 4.98. The summed E-state index contributed by atoms with van der Waals surface area (Å²) in [7, 11) is 1.79. The van der Waals surface area contributed by atoms with Crippen molar-refractivity contribution in [2.24, 2.45) is 7.05 Å². The van der Waals surface area contributed by atoms with Crippen LogP contribution in [0.2, 0.25) is 0 Å². The van der Waals surface area contributed by atoms with Crippen molar-refractivity contribution in [2.45, 2.75) is 6.54 Å². The molecule has 1 fully saturated rings. The summed E-state index contributed by atoms with van der Waals surface area (Å²) >= 11 is 0. The van der Waals surface area contributed by atoms with Gasteiger partial charge >= 0.3 is 0 Å². The van der Waals surface area contributed by atoms with E-state index in [1.165, 1.54) is 4.68 Å². The van der Waals surface area contributed by atoms with E-state index in [0.29, 0.717) is 61.0 Å². The fourth-order valence-corrected chi connectivity index (χ4v) is 4.27. The highest BCUT2D eigenvalue weighted by atomic mass is 16.3. The number of hydrogen-bond donors (Lipinski definition) is 1. The van der Waals surface area contributed by atoms with Gasteiger partial charge < -0.3 is 19.2 Å². The van der Waals surface area contributed by atoms with Crippen LogP contribution in [0.5, 0.6) is 0 Å². The molecule has 2 aromatic rings. The van der Waals surface area contributed by atoms with Gasteiger partial charge in [0.25, 0.3) is 11.5 Å². The zero-order valence-corrected chi connectivity index (χ0v) is 19.4. The van der Waals surface area contributed by atoms with Crippen LogP contribution in [0.4, 0.5) is 0 Å². The SMILES string of the molecule is Cn1cc(C(=O)N2CCN(CC(=O)NCc3ccco3)CC2)c2nn(-c3ccccc3)c(=O)c-2c1. The van der Waals surface area contributed by atoms with Gasteiger partial charge in [0.05, 0.1) is 36.2 Å². The van der Waals surface area contributed by atoms with Gasteiger partial charge in [0.15, 0.2) is 0 Å². The van der Waals surface area contributed by atoms with E-state index in [1.54, 1.807) is 53.4 Å². The lowest BCUT2D eigenvalue weighted by Crippen LogP contribution is -2.51. The summed E-state index contributed by atoms with van der Waals surface area (Å²) in [4.78, 5) is 42.5. The molecule has 0 bridgehead atoms. The van der Waals surface area contributed by atoms with Crippen LogP contribution in [-0.2, 0) is 18.4 Å². The molecule has 10 nitrogen and oxygen atoms in total. The molecule has 0 aliphatic carbocycles. The van der Waals surface area contributed by atoms with Crippen LogP contribution < -0.4 is 10.9 Å². The Morgan fingerprint density at radius 1 is 1.03 bits per heavy atom. The van der Waals surface area contributed by atoms with Crippen molar-refractivity contribution in [1.29, 1.82) is 0 Å². The molecule has 3 aliphatic rings. The Bertz CT molecular complexity index is 1350. The lowest BCUT2D eigenvalue weighted by atomic mass is 10.1. The topological polar surface area (TPSA) is 106 Å². The number of pyridine rings is 1. The Morgan fingerprint density at radius 2 is 1.80 bits per heavy atom. The van der Waals surface area contributed by atoms with Crippen LogP contribution in [0.1, 0.15) is 16.1 Å². The van der Waals surface area contributed by atoms with E-state index < -0.39 is 0 Å². The van der Waals surface area contributed by atoms with Crippen molar-refractivity contribution in [3.05, 3.63) is 82.8 Å². The Hall–Kier alpha value is -4.18. The molecule has 1 aromatic carbocycles. The lowest BCUT2D eigenvalue weighted by Gasteiger charge is -2.34. The minimum absolute atomic E-state index is 0.0904. The molecule has 10 heteroatoms. The molecule has 0 radical (unpaired) electrons. The first-order valence-electron chi connectivity index (χ1n) is 11.4. The quantitative estimate of drug-likeness (QED) is 0.452. The molecule has 0 spiro atoms. The number of para-hydroxylation sites is 1. The highest BCUT2D eigenvalue weighted by Crippen LogP contribution is 2.23. The van der Waals surface area contributed by atoms with Crippen LogP contribution >= 0.6 is 0 Å². The molecule has 5 rings (SSSR count). The Labute approximate surface area is 201 Å². The average Bonchev–Trinajstić information content (AvgIpc) is 3.51. The Morgan fingerprint density at radius 3 is 2.51 bits per heavy atom. The third-order valence-electron chi connectivity index (χ3n) is 6.10. The number of hydrogen-bond acceptors (Lipinski definition) is 6. The van der Waals surface area contributed by atoms with Gasteiger partial charge in [0, 0.05) is 45.6 Å². The fraction of sp³-hybridized carbons (Fsp3) is 0.280. The molecule has 3 aliphatic heterocycles. The third-order valence-corrected chi connectivity index (χ3v) is 6.10. The molecule has 1 N–H and O–H groups in total. The number of piperazine rings is 1. The van der Waals surface area contributed by atoms with Gasteiger partial charge in [0.1, 0.15) is 11.5 Å². The van der Waals surface area contributed by atoms with E-state index in [2.05, 4.69) is 10.4 Å². The summed E-state index contributed by atoms with van der Waals surface area (Å²) in [6.45, 7) is 2.72. The molecule has 0 saturated carbocycles. The number of amides is 2. The number of carbonyl (C=O) groups is 2. The fourth-order valence-electron chi connectivity index (χ4n) is 4.27. The first-order valence-corrected chi connectivity index (χ1v) is 11.4. The number of fused-ring (bicyclic) bond motifs is 1. The van der Waals surface area contributed by atoms with E-state index in [9.17, 15) is 14.4 Å². The minimum atomic E-state index is -0.262. The molecule has 1 aromatic heterocycles. The largest absolute Gasteiger partial charge is 0.467 e. The maximum absolute atomic E-state index is 13.4. The summed E-state index contributed by atoms with van der Waals surface area (Å²) in [5.74, 6) is 0.435. The molecular formula is C25H26N6O4. The van der Waals surface area contributed by atoms with Crippen molar-refractivity contribution in [3.8, 4) is 16.9 Å². The highest BCUT2D eigenvalue weighted by molar-refractivity contribution is 6.00. The van der Waals surface area contributed by atoms with Gasteiger partial charge in [-0.1, -0.05) is 18.2 Å². The summed E-state index contributed by atoms with van der Waals surface area (Å²) in [5, 5.41) is 7.35. The molecular weight excluding hydrogens is 448 g/mol. The van der Waals surface area contributed by atoms with Crippen LogP contribution in [0.15, 0.2) is 70.3 Å². The van der Waals surface area contributed by atoms with Crippen LogP contribution in [0.25, 0.3) is 16.9 Å². The molecule has 0 atom stereocenters. The van der Waals surface area contributed by atoms with Crippen LogP contribution in [-0.4, -0.2) is 68.7 Å². The highest BCUT2D eigenvalue weighted by Gasteiger charge is 2.29. The van der Waals surface area contributed by atoms with E-state index in [-0.39, 0.29) is 23.9 Å². The number of benzene rings is 1. The van der Waals surface area contributed by atoms with E-state index >= 15 is 0 Å². The summed E-state index contributed by atoms with van der Waals surface area (Å²) in [6, 6.07) is 12.7. The van der Waals surface area contributed by atoms with Crippen LogP contribution in [0, 0.1) is 0 Å². The minimum Gasteiger partial charge on any atom is -0.467 e. The smallest absolute Gasteiger partial charge is 0.282 e. The second kappa shape index (κ2) is 9.59. The predicted molar refractivity (Wildman–Crippen MR) is 128 cm³/mol. The molecule has 0 unspecified atom stereocenters. The number of rotatable bonds is 6. The zero-order valence-electron chi connectivity index (χ0n) is 19.4. The molecule has 2 amide bonds. The number of furan rings is 1. The van der Waals surface area contributed by atoms with Crippen LogP contribution in [0.3, 0.4) is 0 Å². The van der Waals surface area contributed by atoms with Crippen molar-refractivity contribution in [2.75, 3.05) is 32.7 Å². The summed E-state index contributed by atoms with van der Waals surface area (Å²) in [5.41, 5.74) is 1.56. The number of nitrogens with zero attached hydrogens (tertiary/aromatic N) is 5. The monoisotopic (exact) mass is 474 g/mol. The van der Waals surface area contributed by atoms with Gasteiger partial charge in [-0.05, 0) is 24.3 Å². The zero-order chi connectivity index (χ0) is 24.4. The molecule has 35 heavy (non-hydrogen) atoms. The molecule has 180 valence electrons. The van der Waals surface area contributed by atoms with Gasteiger partial charge in [-0.25, -0.2) is 0 Å². The van der Waals surface area contributed by atoms with Gasteiger partial charge in [0.2, 0.25) is 5.91 Å². The van der Waals surface area contributed by atoms with Crippen molar-refractivity contribution >= 4 is 11.8 Å². The second-order valence-corrected chi connectivity index (χ2v) is 8.58. The number of carbonyl (C=O) groups excluding carboxylic acids is 2. The third kappa shape index (κ3) is 4.73. The maximum Gasteiger partial charge on any atom is 0.282 e. The van der Waals surface area contributed by atoms with E-state index in [4.69, 9.17) is 4.42 Å². The maximum atomic E-state index is 13.4. The van der Waals surface area contributed by atoms with Gasteiger partial charge in [-0.3, -0.25) is 19.3 Å². The van der Waals surface area contributed by atoms with Crippen molar-refractivity contribution in [3.63, 3.8) is 0 Å². The number of aromatic nitrogens is 3. The number of nitrogens with one attached hydrogen (secondary N) is 1. The first kappa shape index (κ1) is 22.6. The van der Waals surface area contributed by atoms with E-state index in [1.807, 2.05) is 29.2 Å². The standard InChI is InChI=1S/C25H26N6O4/c1-28-15-20(23-21(16-28)25(34)31(27-23)18-6-3-2-4-7-18)24(33)30-11-9-29(10-12-30)17-22(32)26-14-19-8-5-13-35-19/h2-8,13,15-16H,9-12,14,17H2,1H3,(H,26,32). The van der Waals surface area contributed by atoms with Crippen molar-refractivity contribution in [1.82, 2.24) is 29.5 Å². The van der Waals surface area contributed by atoms with Gasteiger partial charge in [-0.2, -0.15) is 9.78 Å². The van der Waals surface area contributed by atoms with Gasteiger partial charge in [-0.15, -0.1) is 0 Å². The Balaban J connectivity index is 1.27. The normalized spacial score (nSPS) is 14.4.